The van der Waals surface area contributed by atoms with E-state index >= 15 is 0 Å². The Morgan fingerprint density at radius 2 is 1.96 bits per heavy atom. The van der Waals surface area contributed by atoms with E-state index in [0.29, 0.717) is 11.2 Å². The molecule has 0 unspecified atom stereocenters. The minimum absolute atomic E-state index is 0.00842. The molecule has 1 aliphatic rings. The summed E-state index contributed by atoms with van der Waals surface area (Å²) < 4.78 is 1.73. The number of likely N-dealkylation sites (tertiary alicyclic amines) is 1. The number of hydrogen-bond acceptors (Lipinski definition) is 4. The number of hydrogen-bond donors (Lipinski definition) is 0. The maximum atomic E-state index is 13.1. The zero-order valence-electron chi connectivity index (χ0n) is 15.9. The van der Waals surface area contributed by atoms with Crippen molar-refractivity contribution < 1.29 is 4.79 Å². The first kappa shape index (κ1) is 17.7. The Morgan fingerprint density at radius 3 is 2.63 bits per heavy atom. The topological polar surface area (TPSA) is 53.7 Å². The molecule has 0 spiro atoms. The average Bonchev–Trinajstić information content (AvgIpc) is 3.09. The number of carbonyl (C=O) groups is 1. The minimum atomic E-state index is 0.00842. The number of carbonyl (C=O) groups excluding carboxylic acids is 1. The van der Waals surface area contributed by atoms with Gasteiger partial charge in [0.15, 0.2) is 5.65 Å². The molecule has 0 aliphatic carbocycles. The highest BCUT2D eigenvalue weighted by Gasteiger charge is 2.35. The molecule has 0 N–H and O–H groups in total. The first-order valence-electron chi connectivity index (χ1n) is 9.61. The summed E-state index contributed by atoms with van der Waals surface area (Å²) in [6.45, 7) is 7.89. The minimum Gasteiger partial charge on any atom is -0.331 e. The molecule has 0 bridgehead atoms. The van der Waals surface area contributed by atoms with Gasteiger partial charge in [0, 0.05) is 31.0 Å². The van der Waals surface area contributed by atoms with E-state index in [4.69, 9.17) is 0 Å². The smallest absolute Gasteiger partial charge is 0.259 e. The Balaban J connectivity index is 1.56. The molecule has 1 fully saturated rings. The van der Waals surface area contributed by atoms with Crippen molar-refractivity contribution in [3.63, 3.8) is 0 Å². The van der Waals surface area contributed by atoms with Crippen LogP contribution in [0, 0.1) is 0 Å². The normalized spacial score (nSPS) is 16.7. The van der Waals surface area contributed by atoms with E-state index < -0.39 is 0 Å². The molecule has 1 saturated heterocycles. The molecule has 1 aromatic carbocycles. The monoisotopic (exact) mass is 363 g/mol. The van der Waals surface area contributed by atoms with Crippen LogP contribution < -0.4 is 0 Å². The second-order valence-electron chi connectivity index (χ2n) is 6.96. The van der Waals surface area contributed by atoms with Crippen molar-refractivity contribution in [3.8, 4) is 0 Å². The predicted octanol–water partition coefficient (Wildman–Crippen LogP) is 3.16. The average molecular weight is 363 g/mol. The zero-order chi connectivity index (χ0) is 18.8. The first-order valence-corrected chi connectivity index (χ1v) is 9.61. The van der Waals surface area contributed by atoms with Crippen LogP contribution in [0.15, 0.2) is 48.9 Å². The Labute approximate surface area is 159 Å². The van der Waals surface area contributed by atoms with Gasteiger partial charge in [-0.25, -0.2) is 9.50 Å². The van der Waals surface area contributed by atoms with E-state index in [-0.39, 0.29) is 11.9 Å². The van der Waals surface area contributed by atoms with Gasteiger partial charge >= 0.3 is 0 Å². The van der Waals surface area contributed by atoms with Gasteiger partial charge in [0.25, 0.3) is 5.91 Å². The van der Waals surface area contributed by atoms with Crippen LogP contribution in [0.3, 0.4) is 0 Å². The van der Waals surface area contributed by atoms with Crippen molar-refractivity contribution >= 4 is 11.6 Å². The lowest BCUT2D eigenvalue weighted by Gasteiger charge is -2.41. The van der Waals surface area contributed by atoms with Crippen LogP contribution in [0.25, 0.3) is 5.65 Å². The highest BCUT2D eigenvalue weighted by molar-refractivity contribution is 6.00. The van der Waals surface area contributed by atoms with Crippen LogP contribution in [0.2, 0.25) is 0 Å². The van der Waals surface area contributed by atoms with Crippen LogP contribution in [0.1, 0.15) is 47.8 Å². The molecule has 4 rings (SSSR count). The Hall–Kier alpha value is -2.73. The second kappa shape index (κ2) is 7.48. The van der Waals surface area contributed by atoms with E-state index in [1.54, 1.807) is 10.7 Å². The van der Waals surface area contributed by atoms with Gasteiger partial charge in [-0.1, -0.05) is 44.2 Å². The van der Waals surface area contributed by atoms with Gasteiger partial charge in [-0.3, -0.25) is 9.69 Å². The summed E-state index contributed by atoms with van der Waals surface area (Å²) in [5.41, 5.74) is 3.48. The molecule has 1 aliphatic heterocycles. The van der Waals surface area contributed by atoms with E-state index in [0.717, 1.165) is 38.2 Å². The summed E-state index contributed by atoms with van der Waals surface area (Å²) in [6.07, 6.45) is 6.47. The van der Waals surface area contributed by atoms with E-state index in [1.807, 2.05) is 35.5 Å². The molecule has 6 nitrogen and oxygen atoms in total. The van der Waals surface area contributed by atoms with Crippen molar-refractivity contribution in [3.05, 3.63) is 65.6 Å². The summed E-state index contributed by atoms with van der Waals surface area (Å²) in [5.74, 6) is 0.00842. The van der Waals surface area contributed by atoms with Gasteiger partial charge < -0.3 is 4.90 Å². The van der Waals surface area contributed by atoms with Gasteiger partial charge in [-0.05, 0) is 25.1 Å². The fourth-order valence-corrected chi connectivity index (χ4v) is 3.66. The molecule has 0 saturated carbocycles. The zero-order valence-corrected chi connectivity index (χ0v) is 15.9. The predicted molar refractivity (Wildman–Crippen MR) is 104 cm³/mol. The maximum Gasteiger partial charge on any atom is 0.259 e. The molecular formula is C21H25N5O. The van der Waals surface area contributed by atoms with Crippen molar-refractivity contribution in [2.45, 2.75) is 32.9 Å². The highest BCUT2D eigenvalue weighted by Crippen LogP contribution is 2.34. The fourth-order valence-electron chi connectivity index (χ4n) is 3.66. The third-order valence-electron chi connectivity index (χ3n) is 5.41. The number of fused-ring (bicyclic) bond motifs is 1. The summed E-state index contributed by atoms with van der Waals surface area (Å²) in [7, 11) is 0. The number of benzene rings is 1. The third-order valence-corrected chi connectivity index (χ3v) is 5.41. The highest BCUT2D eigenvalue weighted by atomic mass is 16.2. The maximum absolute atomic E-state index is 13.1. The fraction of sp³-hybridized carbons (Fsp3) is 0.381. The van der Waals surface area contributed by atoms with Gasteiger partial charge in [0.2, 0.25) is 0 Å². The molecule has 3 aromatic rings. The van der Waals surface area contributed by atoms with E-state index in [2.05, 4.69) is 41.0 Å². The second-order valence-corrected chi connectivity index (χ2v) is 6.96. The third kappa shape index (κ3) is 3.32. The lowest BCUT2D eigenvalue weighted by atomic mass is 9.94. The van der Waals surface area contributed by atoms with Crippen LogP contribution in [0.5, 0.6) is 0 Å². The molecule has 0 radical (unpaired) electrons. The van der Waals surface area contributed by atoms with Crippen molar-refractivity contribution in [1.82, 2.24) is 24.4 Å². The molecule has 6 heteroatoms. The quantitative estimate of drug-likeness (QED) is 0.675. The largest absolute Gasteiger partial charge is 0.331 e. The van der Waals surface area contributed by atoms with E-state index in [9.17, 15) is 4.79 Å². The SMILES string of the molecule is CCN(CC)Cc1cnc2c(C(=O)N3CC[C@@H]3c3ccccc3)cnn2c1. The van der Waals surface area contributed by atoms with E-state index in [1.165, 1.54) is 5.56 Å². The Morgan fingerprint density at radius 1 is 1.19 bits per heavy atom. The van der Waals surface area contributed by atoms with Gasteiger partial charge in [-0.15, -0.1) is 0 Å². The molecule has 3 heterocycles. The summed E-state index contributed by atoms with van der Waals surface area (Å²) in [4.78, 5) is 21.9. The Kier molecular flexibility index (Phi) is 4.90. The number of nitrogens with zero attached hydrogens (tertiary/aromatic N) is 5. The molecule has 27 heavy (non-hydrogen) atoms. The molecule has 2 aromatic heterocycles. The summed E-state index contributed by atoms with van der Waals surface area (Å²) in [6, 6.07) is 10.3. The van der Waals surface area contributed by atoms with Crippen LogP contribution in [-0.4, -0.2) is 49.9 Å². The van der Waals surface area contributed by atoms with Crippen LogP contribution in [-0.2, 0) is 6.54 Å². The lowest BCUT2D eigenvalue weighted by Crippen LogP contribution is -2.45. The molecule has 1 amide bonds. The van der Waals surface area contributed by atoms with Gasteiger partial charge in [0.05, 0.1) is 12.2 Å². The summed E-state index contributed by atoms with van der Waals surface area (Å²) >= 11 is 0. The number of rotatable bonds is 6. The molecule has 140 valence electrons. The van der Waals surface area contributed by atoms with Crippen molar-refractivity contribution in [1.29, 1.82) is 0 Å². The van der Waals surface area contributed by atoms with Gasteiger partial charge in [0.1, 0.15) is 5.56 Å². The van der Waals surface area contributed by atoms with Crippen LogP contribution in [0.4, 0.5) is 0 Å². The number of amides is 1. The van der Waals surface area contributed by atoms with Crippen molar-refractivity contribution in [2.24, 2.45) is 0 Å². The van der Waals surface area contributed by atoms with Gasteiger partial charge in [-0.2, -0.15) is 5.10 Å². The molecule has 1 atom stereocenters. The Bertz CT molecular complexity index is 932. The first-order chi connectivity index (χ1) is 13.2. The molecular weight excluding hydrogens is 338 g/mol. The lowest BCUT2D eigenvalue weighted by molar-refractivity contribution is 0.0462. The summed E-state index contributed by atoms with van der Waals surface area (Å²) in [5, 5.41) is 4.39. The number of aromatic nitrogens is 3. The standard InChI is InChI=1S/C21H25N5O/c1-3-24(4-2)14-16-12-22-20-18(13-23-26(20)15-16)21(27)25-11-10-19(25)17-8-6-5-7-9-17/h5-9,12-13,15,19H,3-4,10-11,14H2,1-2H3/t19-/m1/s1. The van der Waals surface area contributed by atoms with Crippen LogP contribution >= 0.6 is 0 Å². The van der Waals surface area contributed by atoms with Crippen molar-refractivity contribution in [2.75, 3.05) is 19.6 Å².